The molecule has 31 heavy (non-hydrogen) atoms. The summed E-state index contributed by atoms with van der Waals surface area (Å²) in [6.07, 6.45) is 0.868. The van der Waals surface area contributed by atoms with Crippen LogP contribution < -0.4 is 5.32 Å². The number of aromatic nitrogens is 1. The van der Waals surface area contributed by atoms with E-state index in [0.29, 0.717) is 39.6 Å². The lowest BCUT2D eigenvalue weighted by Crippen LogP contribution is -2.06. The van der Waals surface area contributed by atoms with Crippen molar-refractivity contribution in [2.45, 2.75) is 26.6 Å². The maximum Gasteiger partial charge on any atom is 0.416 e. The molecule has 0 unspecified atom stereocenters. The minimum Gasteiger partial charge on any atom is -0.394 e. The molecular weight excluding hydrogens is 408 g/mol. The molecule has 1 heterocycles. The minimum absolute atomic E-state index is 0.253. The SMILES string of the molecule is CN/C=C\C=C(/C=O)c1c(C)n(Cc2cccc(F)c2C)c2ccc(C(F)(F)F)cc12. The van der Waals surface area contributed by atoms with E-state index in [4.69, 9.17) is 0 Å². The highest BCUT2D eigenvalue weighted by Crippen LogP contribution is 2.37. The van der Waals surface area contributed by atoms with Gasteiger partial charge in [0.1, 0.15) is 5.82 Å². The van der Waals surface area contributed by atoms with Crippen molar-refractivity contribution in [3.8, 4) is 0 Å². The van der Waals surface area contributed by atoms with E-state index < -0.39 is 11.7 Å². The summed E-state index contributed by atoms with van der Waals surface area (Å²) in [5.41, 5.74) is 2.22. The fraction of sp³-hybridized carbons (Fsp3) is 0.208. The standard InChI is InChI=1S/C24H22F4N2O/c1-15-17(6-4-8-21(15)25)13-30-16(2)23(18(14-31)7-5-11-29-3)20-12-19(24(26,27)28)9-10-22(20)30/h4-12,14,29H,13H2,1-3H3/b11-5-,18-7+. The van der Waals surface area contributed by atoms with Gasteiger partial charge in [-0.25, -0.2) is 4.39 Å². The quantitative estimate of drug-likeness (QED) is 0.233. The molecule has 0 fully saturated rings. The van der Waals surface area contributed by atoms with Crippen molar-refractivity contribution in [3.63, 3.8) is 0 Å². The first kappa shape index (κ1) is 22.3. The second-order valence-corrected chi connectivity index (χ2v) is 7.19. The molecule has 0 saturated heterocycles. The predicted molar refractivity (Wildman–Crippen MR) is 114 cm³/mol. The molecule has 162 valence electrons. The summed E-state index contributed by atoms with van der Waals surface area (Å²) in [6, 6.07) is 8.22. The van der Waals surface area contributed by atoms with Crippen molar-refractivity contribution in [2.24, 2.45) is 0 Å². The Balaban J connectivity index is 2.29. The molecule has 0 amide bonds. The van der Waals surface area contributed by atoms with Gasteiger partial charge in [-0.15, -0.1) is 0 Å². The molecule has 0 saturated carbocycles. The van der Waals surface area contributed by atoms with Crippen LogP contribution in [0.2, 0.25) is 0 Å². The van der Waals surface area contributed by atoms with E-state index in [1.807, 2.05) is 4.57 Å². The van der Waals surface area contributed by atoms with Crippen molar-refractivity contribution < 1.29 is 22.4 Å². The summed E-state index contributed by atoms with van der Waals surface area (Å²) in [5, 5.41) is 3.12. The van der Waals surface area contributed by atoms with Gasteiger partial charge in [0.25, 0.3) is 0 Å². The number of benzene rings is 2. The Bertz CT molecular complexity index is 1190. The summed E-state index contributed by atoms with van der Waals surface area (Å²) >= 11 is 0. The molecule has 2 aromatic carbocycles. The van der Waals surface area contributed by atoms with Crippen LogP contribution in [0.1, 0.15) is 27.9 Å². The highest BCUT2D eigenvalue weighted by Gasteiger charge is 2.31. The van der Waals surface area contributed by atoms with Crippen molar-refractivity contribution in [1.82, 2.24) is 9.88 Å². The first-order valence-electron chi connectivity index (χ1n) is 9.62. The maximum atomic E-state index is 14.0. The molecule has 1 N–H and O–H groups in total. The summed E-state index contributed by atoms with van der Waals surface area (Å²) in [4.78, 5) is 11.8. The lowest BCUT2D eigenvalue weighted by atomic mass is 10.0. The number of fused-ring (bicyclic) bond motifs is 1. The lowest BCUT2D eigenvalue weighted by Gasteiger charge is -2.12. The Kier molecular flexibility index (Phi) is 6.34. The van der Waals surface area contributed by atoms with Crippen LogP contribution in [0.5, 0.6) is 0 Å². The fourth-order valence-corrected chi connectivity index (χ4v) is 3.65. The van der Waals surface area contributed by atoms with E-state index in [0.717, 1.165) is 12.1 Å². The van der Waals surface area contributed by atoms with Gasteiger partial charge in [0.05, 0.1) is 5.56 Å². The van der Waals surface area contributed by atoms with Gasteiger partial charge in [0, 0.05) is 41.3 Å². The number of hydrogen-bond acceptors (Lipinski definition) is 2. The Morgan fingerprint density at radius 3 is 2.55 bits per heavy atom. The first-order valence-corrected chi connectivity index (χ1v) is 9.62. The topological polar surface area (TPSA) is 34.0 Å². The van der Waals surface area contributed by atoms with Crippen LogP contribution in [-0.4, -0.2) is 17.9 Å². The maximum absolute atomic E-state index is 14.0. The van der Waals surface area contributed by atoms with Crippen molar-refractivity contribution in [1.29, 1.82) is 0 Å². The molecule has 3 rings (SSSR count). The third-order valence-electron chi connectivity index (χ3n) is 5.31. The van der Waals surface area contributed by atoms with E-state index in [1.54, 1.807) is 51.4 Å². The minimum atomic E-state index is -4.52. The third kappa shape index (κ3) is 4.40. The molecule has 0 atom stereocenters. The Morgan fingerprint density at radius 1 is 1.16 bits per heavy atom. The number of carbonyl (C=O) groups is 1. The van der Waals surface area contributed by atoms with Crippen LogP contribution in [0.3, 0.4) is 0 Å². The number of nitrogens with one attached hydrogen (secondary N) is 1. The fourth-order valence-electron chi connectivity index (χ4n) is 3.65. The second-order valence-electron chi connectivity index (χ2n) is 7.19. The zero-order chi connectivity index (χ0) is 22.8. The summed E-state index contributed by atoms with van der Waals surface area (Å²) in [6.45, 7) is 3.67. The van der Waals surface area contributed by atoms with Crippen LogP contribution in [0.4, 0.5) is 17.6 Å². The highest BCUT2D eigenvalue weighted by atomic mass is 19.4. The molecule has 0 aliphatic rings. The molecule has 3 nitrogen and oxygen atoms in total. The van der Waals surface area contributed by atoms with Crippen LogP contribution in [0.25, 0.3) is 16.5 Å². The van der Waals surface area contributed by atoms with Gasteiger partial charge in [0.15, 0.2) is 6.29 Å². The van der Waals surface area contributed by atoms with E-state index in [9.17, 15) is 22.4 Å². The van der Waals surface area contributed by atoms with Gasteiger partial charge in [-0.1, -0.05) is 12.1 Å². The number of aldehydes is 1. The first-order chi connectivity index (χ1) is 14.7. The molecular formula is C24H22F4N2O. The molecule has 0 spiro atoms. The van der Waals surface area contributed by atoms with Crippen molar-refractivity contribution in [2.75, 3.05) is 7.05 Å². The number of alkyl halides is 3. The molecule has 3 aromatic rings. The Hall–Kier alpha value is -3.35. The van der Waals surface area contributed by atoms with E-state index >= 15 is 0 Å². The number of allylic oxidation sites excluding steroid dienone is 3. The smallest absolute Gasteiger partial charge is 0.394 e. The molecule has 7 heteroatoms. The van der Waals surface area contributed by atoms with Gasteiger partial charge in [-0.05, 0) is 67.6 Å². The number of halogens is 4. The number of hydrogen-bond donors (Lipinski definition) is 1. The number of carbonyl (C=O) groups excluding carboxylic acids is 1. The summed E-state index contributed by atoms with van der Waals surface area (Å²) in [7, 11) is 1.69. The van der Waals surface area contributed by atoms with Crippen LogP contribution in [0.15, 0.2) is 54.8 Å². The lowest BCUT2D eigenvalue weighted by molar-refractivity contribution is -0.137. The van der Waals surface area contributed by atoms with E-state index in [2.05, 4.69) is 5.32 Å². The molecule has 0 aliphatic carbocycles. The van der Waals surface area contributed by atoms with E-state index in [-0.39, 0.29) is 17.9 Å². The monoisotopic (exact) mass is 430 g/mol. The van der Waals surface area contributed by atoms with Gasteiger partial charge in [0.2, 0.25) is 0 Å². The van der Waals surface area contributed by atoms with Crippen LogP contribution in [0, 0.1) is 19.7 Å². The molecule has 0 bridgehead atoms. The highest BCUT2D eigenvalue weighted by molar-refractivity contribution is 6.14. The zero-order valence-electron chi connectivity index (χ0n) is 17.3. The van der Waals surface area contributed by atoms with Crippen LogP contribution in [-0.2, 0) is 17.5 Å². The van der Waals surface area contributed by atoms with Crippen LogP contribution >= 0.6 is 0 Å². The number of rotatable bonds is 6. The van der Waals surface area contributed by atoms with Gasteiger partial charge in [-0.2, -0.15) is 13.2 Å². The number of nitrogens with zero attached hydrogens (tertiary/aromatic N) is 1. The van der Waals surface area contributed by atoms with Gasteiger partial charge < -0.3 is 9.88 Å². The van der Waals surface area contributed by atoms with Gasteiger partial charge in [-0.3, -0.25) is 4.79 Å². The molecule has 0 aliphatic heterocycles. The van der Waals surface area contributed by atoms with E-state index in [1.165, 1.54) is 12.1 Å². The summed E-state index contributed by atoms with van der Waals surface area (Å²) < 4.78 is 56.0. The molecule has 0 radical (unpaired) electrons. The predicted octanol–water partition coefficient (Wildman–Crippen LogP) is 5.78. The zero-order valence-corrected chi connectivity index (χ0v) is 17.3. The third-order valence-corrected chi connectivity index (χ3v) is 5.31. The van der Waals surface area contributed by atoms with Crippen molar-refractivity contribution in [3.05, 3.63) is 88.5 Å². The normalized spacial score (nSPS) is 12.7. The average Bonchev–Trinajstić information content (AvgIpc) is 2.99. The van der Waals surface area contributed by atoms with Crippen molar-refractivity contribution >= 4 is 22.8 Å². The Morgan fingerprint density at radius 2 is 1.90 bits per heavy atom. The molecule has 1 aromatic heterocycles. The Labute approximate surface area is 177 Å². The second kappa shape index (κ2) is 8.79. The van der Waals surface area contributed by atoms with Gasteiger partial charge >= 0.3 is 6.18 Å². The summed E-state index contributed by atoms with van der Waals surface area (Å²) in [5.74, 6) is -0.350. The largest absolute Gasteiger partial charge is 0.416 e. The average molecular weight is 430 g/mol.